The molecule has 1 aromatic heterocycles. The fraction of sp³-hybridized carbons (Fsp3) is 0.308. The van der Waals surface area contributed by atoms with Crippen molar-refractivity contribution in [1.29, 1.82) is 0 Å². The lowest BCUT2D eigenvalue weighted by Gasteiger charge is -2.14. The van der Waals surface area contributed by atoms with Crippen LogP contribution in [0.1, 0.15) is 21.7 Å². The Labute approximate surface area is 117 Å². The van der Waals surface area contributed by atoms with Crippen molar-refractivity contribution in [2.24, 2.45) is 0 Å². The van der Waals surface area contributed by atoms with Gasteiger partial charge in [-0.05, 0) is 25.2 Å². The van der Waals surface area contributed by atoms with Crippen LogP contribution >= 0.6 is 0 Å². The summed E-state index contributed by atoms with van der Waals surface area (Å²) in [5.74, 6) is -0.149. The number of amides is 1. The van der Waals surface area contributed by atoms with E-state index in [1.807, 2.05) is 38.4 Å². The van der Waals surface area contributed by atoms with Gasteiger partial charge in [-0.1, -0.05) is 24.3 Å². The summed E-state index contributed by atoms with van der Waals surface area (Å²) >= 11 is 0. The molecule has 0 bridgehead atoms. The largest absolute Gasteiger partial charge is 0.366 e. The number of benzene rings is 1. The van der Waals surface area contributed by atoms with Crippen molar-refractivity contribution < 1.29 is 4.79 Å². The summed E-state index contributed by atoms with van der Waals surface area (Å²) < 4.78 is 0. The Morgan fingerprint density at radius 1 is 1.35 bits per heavy atom. The van der Waals surface area contributed by atoms with Gasteiger partial charge in [0.05, 0.1) is 0 Å². The molecule has 0 saturated carbocycles. The lowest BCUT2D eigenvalue weighted by molar-refractivity contribution is 0.0941. The monoisotopic (exact) mass is 274 g/mol. The van der Waals surface area contributed by atoms with Gasteiger partial charge in [-0.15, -0.1) is 5.10 Å². The average Bonchev–Trinajstić information content (AvgIpc) is 2.83. The van der Waals surface area contributed by atoms with Gasteiger partial charge in [0.15, 0.2) is 0 Å². The molecule has 0 unspecified atom stereocenters. The molecule has 1 amide bonds. The highest BCUT2D eigenvalue weighted by molar-refractivity contribution is 5.90. The predicted octanol–water partition coefficient (Wildman–Crippen LogP) is 0.378. The lowest BCUT2D eigenvalue weighted by Crippen LogP contribution is -2.25. The number of hydrogen-bond donors (Lipinski definition) is 3. The Balaban J connectivity index is 2.02. The SMILES string of the molecule is CN(C)Cc1ccccc1CNC(=O)c1nc(N)n[nH]1. The summed E-state index contributed by atoms with van der Waals surface area (Å²) in [6, 6.07) is 7.98. The van der Waals surface area contributed by atoms with Gasteiger partial charge >= 0.3 is 0 Å². The van der Waals surface area contributed by atoms with Crippen molar-refractivity contribution in [1.82, 2.24) is 25.4 Å². The van der Waals surface area contributed by atoms with Crippen LogP contribution < -0.4 is 11.1 Å². The van der Waals surface area contributed by atoms with E-state index in [1.54, 1.807) is 0 Å². The fourth-order valence-corrected chi connectivity index (χ4v) is 1.86. The van der Waals surface area contributed by atoms with Gasteiger partial charge in [0, 0.05) is 13.1 Å². The maximum atomic E-state index is 11.9. The van der Waals surface area contributed by atoms with Gasteiger partial charge in [0.2, 0.25) is 11.8 Å². The van der Waals surface area contributed by atoms with Crippen molar-refractivity contribution in [2.45, 2.75) is 13.1 Å². The van der Waals surface area contributed by atoms with Gasteiger partial charge in [-0.25, -0.2) is 0 Å². The number of carbonyl (C=O) groups excluding carboxylic acids is 1. The Morgan fingerprint density at radius 3 is 2.65 bits per heavy atom. The van der Waals surface area contributed by atoms with E-state index in [4.69, 9.17) is 5.73 Å². The number of carbonyl (C=O) groups is 1. The highest BCUT2D eigenvalue weighted by Gasteiger charge is 2.11. The molecule has 0 aliphatic rings. The molecule has 1 heterocycles. The average molecular weight is 274 g/mol. The third-order valence-corrected chi connectivity index (χ3v) is 2.76. The quantitative estimate of drug-likeness (QED) is 0.732. The van der Waals surface area contributed by atoms with E-state index in [-0.39, 0.29) is 17.7 Å². The number of nitrogens with one attached hydrogen (secondary N) is 2. The van der Waals surface area contributed by atoms with Crippen molar-refractivity contribution in [2.75, 3.05) is 19.8 Å². The molecule has 0 saturated heterocycles. The van der Waals surface area contributed by atoms with E-state index < -0.39 is 0 Å². The molecule has 0 radical (unpaired) electrons. The Morgan fingerprint density at radius 2 is 2.05 bits per heavy atom. The van der Waals surface area contributed by atoms with E-state index >= 15 is 0 Å². The van der Waals surface area contributed by atoms with E-state index in [9.17, 15) is 4.79 Å². The normalized spacial score (nSPS) is 10.8. The van der Waals surface area contributed by atoms with Gasteiger partial charge in [-0.3, -0.25) is 9.89 Å². The molecule has 1 aromatic carbocycles. The number of H-pyrrole nitrogens is 1. The maximum absolute atomic E-state index is 11.9. The first kappa shape index (κ1) is 14.0. The third-order valence-electron chi connectivity index (χ3n) is 2.76. The maximum Gasteiger partial charge on any atom is 0.288 e. The first-order valence-electron chi connectivity index (χ1n) is 6.24. The Hall–Kier alpha value is -2.41. The van der Waals surface area contributed by atoms with Crippen molar-refractivity contribution >= 4 is 11.9 Å². The molecule has 2 rings (SSSR count). The molecule has 106 valence electrons. The zero-order valence-corrected chi connectivity index (χ0v) is 11.6. The molecule has 0 aliphatic heterocycles. The van der Waals surface area contributed by atoms with Crippen LogP contribution in [-0.2, 0) is 13.1 Å². The van der Waals surface area contributed by atoms with Gasteiger partial charge in [-0.2, -0.15) is 4.98 Å². The lowest BCUT2D eigenvalue weighted by atomic mass is 10.1. The number of aromatic amines is 1. The molecule has 20 heavy (non-hydrogen) atoms. The molecule has 4 N–H and O–H groups in total. The predicted molar refractivity (Wildman–Crippen MR) is 75.8 cm³/mol. The van der Waals surface area contributed by atoms with E-state index in [0.29, 0.717) is 6.54 Å². The highest BCUT2D eigenvalue weighted by atomic mass is 16.2. The molecule has 0 fully saturated rings. The summed E-state index contributed by atoms with van der Waals surface area (Å²) in [5.41, 5.74) is 7.61. The molecular formula is C13H18N6O. The van der Waals surface area contributed by atoms with E-state index in [1.165, 1.54) is 5.56 Å². The number of aromatic nitrogens is 3. The summed E-state index contributed by atoms with van der Waals surface area (Å²) in [6.07, 6.45) is 0. The molecule has 0 spiro atoms. The van der Waals surface area contributed by atoms with Crippen LogP contribution in [0.4, 0.5) is 5.95 Å². The second-order valence-corrected chi connectivity index (χ2v) is 4.73. The second-order valence-electron chi connectivity index (χ2n) is 4.73. The minimum absolute atomic E-state index is 0.0585. The summed E-state index contributed by atoms with van der Waals surface area (Å²) in [6.45, 7) is 1.25. The highest BCUT2D eigenvalue weighted by Crippen LogP contribution is 2.10. The first-order valence-corrected chi connectivity index (χ1v) is 6.24. The molecule has 2 aromatic rings. The van der Waals surface area contributed by atoms with Crippen LogP contribution in [0, 0.1) is 0 Å². The minimum Gasteiger partial charge on any atom is -0.366 e. The Kier molecular flexibility index (Phi) is 4.31. The van der Waals surface area contributed by atoms with Crippen LogP contribution in [0.2, 0.25) is 0 Å². The number of nitrogen functional groups attached to an aromatic ring is 1. The number of hydrogen-bond acceptors (Lipinski definition) is 5. The number of anilines is 1. The van der Waals surface area contributed by atoms with Gasteiger partial charge in [0.1, 0.15) is 0 Å². The standard InChI is InChI=1S/C13H18N6O/c1-19(2)8-10-6-4-3-5-9(10)7-15-12(20)11-16-13(14)18-17-11/h3-6H,7-8H2,1-2H3,(H,15,20)(H3,14,16,17,18). The molecule has 0 aliphatic carbocycles. The molecule has 7 heteroatoms. The minimum atomic E-state index is -0.325. The summed E-state index contributed by atoms with van der Waals surface area (Å²) in [5, 5.41) is 8.90. The van der Waals surface area contributed by atoms with Crippen molar-refractivity contribution in [3.8, 4) is 0 Å². The number of rotatable bonds is 5. The number of nitrogens with zero attached hydrogens (tertiary/aromatic N) is 3. The van der Waals surface area contributed by atoms with Crippen molar-refractivity contribution in [3.63, 3.8) is 0 Å². The summed E-state index contributed by atoms with van der Waals surface area (Å²) in [4.78, 5) is 17.7. The summed E-state index contributed by atoms with van der Waals surface area (Å²) in [7, 11) is 4.01. The second kappa shape index (κ2) is 6.16. The molecule has 0 atom stereocenters. The smallest absolute Gasteiger partial charge is 0.288 e. The van der Waals surface area contributed by atoms with Gasteiger partial charge in [0.25, 0.3) is 5.91 Å². The topological polar surface area (TPSA) is 99.9 Å². The fourth-order valence-electron chi connectivity index (χ4n) is 1.86. The molecule has 7 nitrogen and oxygen atoms in total. The number of nitrogens with two attached hydrogens (primary N) is 1. The zero-order chi connectivity index (χ0) is 14.5. The first-order chi connectivity index (χ1) is 9.56. The van der Waals surface area contributed by atoms with Gasteiger partial charge < -0.3 is 16.0 Å². The van der Waals surface area contributed by atoms with Crippen LogP contribution in [0.5, 0.6) is 0 Å². The Bertz CT molecular complexity index is 592. The third kappa shape index (κ3) is 3.55. The van der Waals surface area contributed by atoms with Crippen LogP contribution in [0.25, 0.3) is 0 Å². The van der Waals surface area contributed by atoms with Crippen LogP contribution in [0.15, 0.2) is 24.3 Å². The molecular weight excluding hydrogens is 256 g/mol. The van der Waals surface area contributed by atoms with Crippen molar-refractivity contribution in [3.05, 3.63) is 41.2 Å². The van der Waals surface area contributed by atoms with E-state index in [2.05, 4.69) is 25.4 Å². The van der Waals surface area contributed by atoms with Crippen LogP contribution in [-0.4, -0.2) is 40.1 Å². The van der Waals surface area contributed by atoms with Crippen LogP contribution in [0.3, 0.4) is 0 Å². The zero-order valence-electron chi connectivity index (χ0n) is 11.6. The van der Waals surface area contributed by atoms with E-state index in [0.717, 1.165) is 12.1 Å².